The van der Waals surface area contributed by atoms with Gasteiger partial charge in [-0.3, -0.25) is 29.4 Å². The van der Waals surface area contributed by atoms with E-state index in [1.807, 2.05) is 107 Å². The Morgan fingerprint density at radius 1 is 0.578 bits per heavy atom. The van der Waals surface area contributed by atoms with Crippen LogP contribution in [0.15, 0.2) is 159 Å². The van der Waals surface area contributed by atoms with Gasteiger partial charge in [-0.05, 0) is 157 Å². The molecule has 426 valence electrons. The van der Waals surface area contributed by atoms with Crippen LogP contribution in [0.1, 0.15) is 100 Å². The molecule has 0 bridgehead atoms. The molecule has 3 fully saturated rings. The fourth-order valence-electron chi connectivity index (χ4n) is 12.7. The summed E-state index contributed by atoms with van der Waals surface area (Å²) in [5.74, 6) is -0.198. The van der Waals surface area contributed by atoms with Gasteiger partial charge >= 0.3 is 6.09 Å². The van der Waals surface area contributed by atoms with Crippen LogP contribution in [-0.4, -0.2) is 119 Å². The highest BCUT2D eigenvalue weighted by Gasteiger charge is 2.43. The van der Waals surface area contributed by atoms with Gasteiger partial charge in [0.25, 0.3) is 0 Å². The summed E-state index contributed by atoms with van der Waals surface area (Å²) in [7, 11) is 0. The molecule has 3 amide bonds. The van der Waals surface area contributed by atoms with Crippen LogP contribution in [0.4, 0.5) is 16.2 Å². The van der Waals surface area contributed by atoms with E-state index in [9.17, 15) is 14.4 Å². The first-order valence-electron chi connectivity index (χ1n) is 29.0. The maximum atomic E-state index is 14.4. The molecule has 1 saturated carbocycles. The molecule has 0 unspecified atom stereocenters. The lowest BCUT2D eigenvalue weighted by Gasteiger charge is -2.44. The smallest absolute Gasteiger partial charge is 0.410 e. The molecule has 0 radical (unpaired) electrons. The number of fused-ring (bicyclic) bond motifs is 4. The molecule has 83 heavy (non-hydrogen) atoms. The maximum Gasteiger partial charge on any atom is 0.410 e. The van der Waals surface area contributed by atoms with Crippen LogP contribution in [0, 0.1) is 0 Å². The second-order valence-electron chi connectivity index (χ2n) is 22.2. The van der Waals surface area contributed by atoms with E-state index in [4.69, 9.17) is 37.9 Å². The van der Waals surface area contributed by atoms with E-state index >= 15 is 0 Å². The zero-order valence-electron chi connectivity index (χ0n) is 46.3. The lowest BCUT2D eigenvalue weighted by Crippen LogP contribution is -2.60. The van der Waals surface area contributed by atoms with Gasteiger partial charge in [0.05, 0.1) is 36.1 Å². The van der Waals surface area contributed by atoms with Crippen LogP contribution < -0.4 is 16.0 Å². The van der Waals surface area contributed by atoms with E-state index < -0.39 is 6.04 Å². The van der Waals surface area contributed by atoms with E-state index in [-0.39, 0.29) is 48.7 Å². The van der Waals surface area contributed by atoms with Crippen molar-refractivity contribution in [1.29, 1.82) is 0 Å². The van der Waals surface area contributed by atoms with Crippen molar-refractivity contribution in [1.82, 2.24) is 49.1 Å². The van der Waals surface area contributed by atoms with Gasteiger partial charge in [-0.1, -0.05) is 78.2 Å². The van der Waals surface area contributed by atoms with Gasteiger partial charge in [0.2, 0.25) is 11.8 Å². The van der Waals surface area contributed by atoms with Crippen molar-refractivity contribution in [3.63, 3.8) is 0 Å². The van der Waals surface area contributed by atoms with Gasteiger partial charge in [-0.15, -0.1) is 0 Å². The number of nitrogens with one attached hydrogen (secondary N) is 3. The molecule has 0 spiro atoms. The molecular formula is C65H68Cl2N12O4. The Hall–Kier alpha value is -7.73. The quantitative estimate of drug-likeness (QED) is 0.113. The topological polar surface area (TPSA) is 168 Å². The van der Waals surface area contributed by atoms with Crippen molar-refractivity contribution < 1.29 is 19.1 Å². The minimum absolute atomic E-state index is 0.0239. The van der Waals surface area contributed by atoms with Crippen molar-refractivity contribution in [2.24, 2.45) is 0 Å². The largest absolute Gasteiger partial charge is 0.446 e. The number of carbonyl (C=O) groups excluding carboxylic acids is 3. The number of halogens is 2. The number of aromatic nitrogens is 6. The molecule has 4 aromatic heterocycles. The number of anilines is 2. The van der Waals surface area contributed by atoms with Gasteiger partial charge in [-0.25, -0.2) is 14.8 Å². The lowest BCUT2D eigenvalue weighted by atomic mass is 9.94. The Labute approximate surface area is 494 Å². The van der Waals surface area contributed by atoms with Gasteiger partial charge in [-0.2, -0.15) is 0 Å². The average molecular weight is 1150 g/mol. The van der Waals surface area contributed by atoms with Crippen LogP contribution in [0.5, 0.6) is 0 Å². The van der Waals surface area contributed by atoms with Crippen LogP contribution in [0.25, 0.3) is 0 Å². The van der Waals surface area contributed by atoms with Crippen molar-refractivity contribution in [2.45, 2.75) is 101 Å². The summed E-state index contributed by atoms with van der Waals surface area (Å²) in [4.78, 5) is 65.9. The summed E-state index contributed by atoms with van der Waals surface area (Å²) >= 11 is 12.9. The summed E-state index contributed by atoms with van der Waals surface area (Å²) in [6.45, 7) is 4.62. The summed E-state index contributed by atoms with van der Waals surface area (Å²) in [5, 5.41) is 11.2. The summed E-state index contributed by atoms with van der Waals surface area (Å²) in [6, 6.07) is 34.9. The predicted octanol–water partition coefficient (Wildman–Crippen LogP) is 10.3. The van der Waals surface area contributed by atoms with E-state index in [1.54, 1.807) is 29.9 Å². The summed E-state index contributed by atoms with van der Waals surface area (Å²) in [5.41, 5.74) is 12.7. The first-order valence-corrected chi connectivity index (χ1v) is 29.8. The highest BCUT2D eigenvalue weighted by molar-refractivity contribution is 6.31. The number of piperazine rings is 2. The van der Waals surface area contributed by atoms with Crippen molar-refractivity contribution in [2.75, 3.05) is 49.9 Å². The second kappa shape index (κ2) is 25.8. The molecule has 4 atom stereocenters. The van der Waals surface area contributed by atoms with E-state index in [1.165, 1.54) is 23.1 Å². The molecule has 5 aliphatic rings. The van der Waals surface area contributed by atoms with Crippen LogP contribution in [0.3, 0.4) is 0 Å². The first-order chi connectivity index (χ1) is 40.7. The molecule has 2 aliphatic heterocycles. The van der Waals surface area contributed by atoms with E-state index in [2.05, 4.69) is 72.1 Å². The Morgan fingerprint density at radius 3 is 1.67 bits per heavy atom. The van der Waals surface area contributed by atoms with E-state index in [0.29, 0.717) is 43.4 Å². The minimum atomic E-state index is -0.647. The zero-order chi connectivity index (χ0) is 56.7. The third-order valence-electron chi connectivity index (χ3n) is 16.8. The predicted molar refractivity (Wildman–Crippen MR) is 321 cm³/mol. The van der Waals surface area contributed by atoms with E-state index in [0.717, 1.165) is 114 Å². The van der Waals surface area contributed by atoms with Gasteiger partial charge in [0.1, 0.15) is 18.2 Å². The molecule has 13 rings (SSSR count). The SMILES string of the molecule is O=C(Nc1cccc(Cn2ccnc2)c1)[C@H]1CN(C(=O)OC2CCCCC2)CCN1[C@@H]1c2ccc(Cl)cc2CCc2cccnc21.O=C(Nc1cccc(Cn2ccnc2)c1)[C@H]1CNCCN1[C@@H]1c2ccc(Cl)cc2CCc2cccnc21. The number of rotatable bonds is 11. The molecule has 8 aromatic rings. The Morgan fingerprint density at radius 2 is 1.12 bits per heavy atom. The molecule has 3 N–H and O–H groups in total. The average Bonchev–Trinajstić information content (AvgIpc) is 3.59. The number of pyridine rings is 2. The Kier molecular flexibility index (Phi) is 17.4. The highest BCUT2D eigenvalue weighted by Crippen LogP contribution is 2.41. The number of imidazole rings is 2. The summed E-state index contributed by atoms with van der Waals surface area (Å²) < 4.78 is 9.97. The molecule has 3 aliphatic carbocycles. The lowest BCUT2D eigenvalue weighted by molar-refractivity contribution is -0.124. The first kappa shape index (κ1) is 55.8. The molecule has 6 heterocycles. The fourth-order valence-corrected chi connectivity index (χ4v) is 13.1. The van der Waals surface area contributed by atoms with Gasteiger partial charge in [0, 0.05) is 111 Å². The van der Waals surface area contributed by atoms with Gasteiger partial charge < -0.3 is 34.7 Å². The zero-order valence-corrected chi connectivity index (χ0v) is 47.8. The number of benzene rings is 4. The number of carbonyl (C=O) groups is 3. The Bertz CT molecular complexity index is 3560. The number of ether oxygens (including phenoxy) is 1. The number of hydrogen-bond donors (Lipinski definition) is 3. The molecular weight excluding hydrogens is 1080 g/mol. The van der Waals surface area contributed by atoms with Crippen LogP contribution in [-0.2, 0) is 53.1 Å². The van der Waals surface area contributed by atoms with Crippen LogP contribution >= 0.6 is 23.2 Å². The Balaban J connectivity index is 0.000000168. The normalized spacial score (nSPS) is 20.0. The minimum Gasteiger partial charge on any atom is -0.446 e. The summed E-state index contributed by atoms with van der Waals surface area (Å²) in [6.07, 6.45) is 22.8. The number of nitrogens with zero attached hydrogens (tertiary/aromatic N) is 9. The van der Waals surface area contributed by atoms with Gasteiger partial charge in [0.15, 0.2) is 0 Å². The van der Waals surface area contributed by atoms with Crippen molar-refractivity contribution in [3.05, 3.63) is 225 Å². The molecule has 16 nitrogen and oxygen atoms in total. The van der Waals surface area contributed by atoms with Crippen LogP contribution in [0.2, 0.25) is 10.0 Å². The number of hydrogen-bond acceptors (Lipinski definition) is 11. The number of aryl methyl sites for hydroxylation is 4. The monoisotopic (exact) mass is 1150 g/mol. The fraction of sp³-hybridized carbons (Fsp3) is 0.338. The standard InChI is InChI=1S/C36H39ClN6O3.C29H29ClN6O/c37-28-13-14-31-27(21-28)12-11-26-7-5-15-39-33(26)34(31)43-19-18-42(36(45)46-30-9-2-1-3-10-30)23-32(43)35(44)40-29-8-4-6-25(20-29)22-41-17-16-38-24-41;30-23-8-9-25-22(16-23)7-6-21-4-2-10-33-27(21)28(25)36-14-12-31-17-26(36)29(37)34-24-5-1-3-20(15-24)18-35-13-11-32-19-35/h4-8,13-17,20-21,24,30,32,34H,1-3,9-12,18-19,22-23H2,(H,40,44);1-5,8-11,13,15-16,19,26,28,31H,6-7,12,14,17-18H2,(H,34,37)/t32-,34-;26-,28-/m11/s1. The molecule has 18 heteroatoms. The molecule has 2 saturated heterocycles. The van der Waals surface area contributed by atoms with Crippen molar-refractivity contribution in [3.8, 4) is 0 Å². The maximum absolute atomic E-state index is 14.4. The number of amides is 3. The third-order valence-corrected chi connectivity index (χ3v) is 17.3. The highest BCUT2D eigenvalue weighted by atomic mass is 35.5. The molecule has 4 aromatic carbocycles. The second-order valence-corrected chi connectivity index (χ2v) is 23.1. The van der Waals surface area contributed by atoms with Crippen molar-refractivity contribution >= 4 is 52.5 Å². The third kappa shape index (κ3) is 13.1.